The highest BCUT2D eigenvalue weighted by molar-refractivity contribution is 5.17. The average molecular weight is 229 g/mol. The summed E-state index contributed by atoms with van der Waals surface area (Å²) < 4.78 is 0. The molecule has 0 N–H and O–H groups in total. The molecule has 0 amide bonds. The van der Waals surface area contributed by atoms with Crippen LogP contribution in [0, 0.1) is 46.3 Å². The van der Waals surface area contributed by atoms with Crippen LogP contribution in [0.25, 0.3) is 0 Å². The van der Waals surface area contributed by atoms with Crippen LogP contribution in [0.4, 0.5) is 0 Å². The Morgan fingerprint density at radius 3 is 2.06 bits per heavy atom. The molecule has 1 atom stereocenters. The predicted octanol–water partition coefficient (Wildman–Crippen LogP) is 4.16. The highest BCUT2D eigenvalue weighted by Gasteiger charge is 2.54. The molecule has 17 heavy (non-hydrogen) atoms. The lowest BCUT2D eigenvalue weighted by atomic mass is 9.46. The molecule has 0 spiro atoms. The van der Waals surface area contributed by atoms with E-state index in [2.05, 4.69) is 19.6 Å². The lowest BCUT2D eigenvalue weighted by Crippen LogP contribution is -2.50. The van der Waals surface area contributed by atoms with E-state index in [1.165, 1.54) is 32.1 Å². The summed E-state index contributed by atoms with van der Waals surface area (Å²) in [6.45, 7) is 6.15. The van der Waals surface area contributed by atoms with Gasteiger partial charge in [0.1, 0.15) is 0 Å². The smallest absolute Gasteiger partial charge is 0.0781 e. The van der Waals surface area contributed by atoms with Crippen LogP contribution in [0.1, 0.15) is 45.4 Å². The minimum atomic E-state index is -0.234. The summed E-state index contributed by atoms with van der Waals surface area (Å²) in [6.07, 6.45) is 9.99. The average Bonchev–Trinajstić information content (AvgIpc) is 2.33. The first-order valence-electron chi connectivity index (χ1n) is 7.27. The van der Waals surface area contributed by atoms with E-state index in [-0.39, 0.29) is 5.41 Å². The second kappa shape index (κ2) is 3.87. The van der Waals surface area contributed by atoms with Crippen LogP contribution in [-0.2, 0) is 0 Å². The van der Waals surface area contributed by atoms with Gasteiger partial charge in [-0.1, -0.05) is 13.0 Å². The van der Waals surface area contributed by atoms with Gasteiger partial charge in [0.15, 0.2) is 0 Å². The third kappa shape index (κ3) is 1.49. The van der Waals surface area contributed by atoms with Crippen molar-refractivity contribution in [3.63, 3.8) is 0 Å². The van der Waals surface area contributed by atoms with Gasteiger partial charge in [-0.15, -0.1) is 6.58 Å². The van der Waals surface area contributed by atoms with Crippen molar-refractivity contribution in [2.24, 2.45) is 35.0 Å². The Bertz CT molecular complexity index is 336. The van der Waals surface area contributed by atoms with Crippen molar-refractivity contribution in [1.82, 2.24) is 0 Å². The SMILES string of the molecule is C=CC(C#N)(CC)C1C2CC3CC(C2)CC1C3. The Hall–Kier alpha value is -0.770. The van der Waals surface area contributed by atoms with Crippen LogP contribution in [0.3, 0.4) is 0 Å². The Kier molecular flexibility index (Phi) is 2.58. The zero-order chi connectivity index (χ0) is 12.0. The highest BCUT2D eigenvalue weighted by Crippen LogP contribution is 2.61. The molecule has 4 aliphatic carbocycles. The normalized spacial score (nSPS) is 46.2. The minimum Gasteiger partial charge on any atom is -0.197 e. The van der Waals surface area contributed by atoms with Crippen LogP contribution < -0.4 is 0 Å². The molecule has 0 heterocycles. The molecule has 4 saturated carbocycles. The van der Waals surface area contributed by atoms with Crippen LogP contribution in [0.15, 0.2) is 12.7 Å². The number of nitrogens with zero attached hydrogens (tertiary/aromatic N) is 1. The molecular formula is C16H23N. The summed E-state index contributed by atoms with van der Waals surface area (Å²) in [5.74, 6) is 4.24. The maximum atomic E-state index is 9.64. The lowest BCUT2D eigenvalue weighted by Gasteiger charge is -2.58. The lowest BCUT2D eigenvalue weighted by molar-refractivity contribution is -0.0692. The molecule has 0 aliphatic heterocycles. The molecule has 0 aromatic heterocycles. The van der Waals surface area contributed by atoms with Crippen molar-refractivity contribution in [3.8, 4) is 6.07 Å². The summed E-state index contributed by atoms with van der Waals surface area (Å²) in [5, 5.41) is 9.64. The second-order valence-electron chi connectivity index (χ2n) is 6.67. The zero-order valence-corrected chi connectivity index (χ0v) is 10.9. The number of allylic oxidation sites excluding steroid dienone is 1. The van der Waals surface area contributed by atoms with E-state index >= 15 is 0 Å². The first-order chi connectivity index (χ1) is 8.22. The van der Waals surface area contributed by atoms with Crippen LogP contribution in [0.5, 0.6) is 0 Å². The maximum absolute atomic E-state index is 9.64. The topological polar surface area (TPSA) is 23.8 Å². The molecule has 0 saturated heterocycles. The van der Waals surface area contributed by atoms with E-state index in [0.29, 0.717) is 5.92 Å². The van der Waals surface area contributed by atoms with Crippen LogP contribution >= 0.6 is 0 Å². The summed E-state index contributed by atoms with van der Waals surface area (Å²) >= 11 is 0. The maximum Gasteiger partial charge on any atom is 0.0781 e. The summed E-state index contributed by atoms with van der Waals surface area (Å²) in [5.41, 5.74) is -0.234. The molecule has 4 aliphatic rings. The molecule has 0 radical (unpaired) electrons. The van der Waals surface area contributed by atoms with E-state index in [0.717, 1.165) is 30.1 Å². The fourth-order valence-electron chi connectivity index (χ4n) is 5.48. The minimum absolute atomic E-state index is 0.234. The molecule has 4 rings (SSSR count). The fraction of sp³-hybridized carbons (Fsp3) is 0.812. The van der Waals surface area contributed by atoms with Gasteiger partial charge >= 0.3 is 0 Å². The predicted molar refractivity (Wildman–Crippen MR) is 69.1 cm³/mol. The van der Waals surface area contributed by atoms with Crippen molar-refractivity contribution in [2.75, 3.05) is 0 Å². The molecule has 1 nitrogen and oxygen atoms in total. The Labute approximate surface area is 105 Å². The quantitative estimate of drug-likeness (QED) is 0.666. The van der Waals surface area contributed by atoms with Gasteiger partial charge in [0.2, 0.25) is 0 Å². The Morgan fingerprint density at radius 1 is 1.18 bits per heavy atom. The van der Waals surface area contributed by atoms with E-state index in [1.54, 1.807) is 0 Å². The van der Waals surface area contributed by atoms with Gasteiger partial charge in [-0.25, -0.2) is 0 Å². The molecule has 92 valence electrons. The van der Waals surface area contributed by atoms with E-state index in [4.69, 9.17) is 0 Å². The third-order valence-electron chi connectivity index (χ3n) is 5.98. The van der Waals surface area contributed by atoms with Gasteiger partial charge in [-0.05, 0) is 68.1 Å². The Morgan fingerprint density at radius 2 is 1.71 bits per heavy atom. The third-order valence-corrected chi connectivity index (χ3v) is 5.98. The van der Waals surface area contributed by atoms with Crippen LogP contribution in [-0.4, -0.2) is 0 Å². The molecule has 4 fully saturated rings. The number of nitriles is 1. The van der Waals surface area contributed by atoms with Gasteiger partial charge in [0.25, 0.3) is 0 Å². The number of hydrogen-bond donors (Lipinski definition) is 0. The number of hydrogen-bond acceptors (Lipinski definition) is 1. The van der Waals surface area contributed by atoms with E-state index < -0.39 is 0 Å². The summed E-state index contributed by atoms with van der Waals surface area (Å²) in [4.78, 5) is 0. The standard InChI is InChI=1S/C16H23N/c1-3-16(4-2,10-17)15-13-6-11-5-12(8-13)9-14(15)7-11/h3,11-15H,1,4-9H2,2H3. The largest absolute Gasteiger partial charge is 0.197 e. The van der Waals surface area contributed by atoms with Crippen LogP contribution in [0.2, 0.25) is 0 Å². The van der Waals surface area contributed by atoms with E-state index in [9.17, 15) is 5.26 Å². The fourth-order valence-corrected chi connectivity index (χ4v) is 5.48. The molecule has 0 aromatic carbocycles. The van der Waals surface area contributed by atoms with Gasteiger partial charge in [0.05, 0.1) is 11.5 Å². The molecule has 1 heteroatoms. The van der Waals surface area contributed by atoms with Gasteiger partial charge in [0, 0.05) is 0 Å². The van der Waals surface area contributed by atoms with Crippen molar-refractivity contribution in [1.29, 1.82) is 5.26 Å². The van der Waals surface area contributed by atoms with Crippen molar-refractivity contribution in [3.05, 3.63) is 12.7 Å². The van der Waals surface area contributed by atoms with E-state index in [1.807, 2.05) is 6.08 Å². The first-order valence-corrected chi connectivity index (χ1v) is 7.27. The monoisotopic (exact) mass is 229 g/mol. The van der Waals surface area contributed by atoms with Gasteiger partial charge < -0.3 is 0 Å². The Balaban J connectivity index is 1.93. The zero-order valence-electron chi connectivity index (χ0n) is 10.9. The van der Waals surface area contributed by atoms with Gasteiger partial charge in [-0.2, -0.15) is 5.26 Å². The second-order valence-corrected chi connectivity index (χ2v) is 6.67. The van der Waals surface area contributed by atoms with Crippen molar-refractivity contribution >= 4 is 0 Å². The molecule has 1 unspecified atom stereocenters. The first kappa shape index (κ1) is 11.3. The molecule has 4 bridgehead atoms. The molecular weight excluding hydrogens is 206 g/mol. The summed E-state index contributed by atoms with van der Waals surface area (Å²) in [6, 6.07) is 2.62. The highest BCUT2D eigenvalue weighted by atomic mass is 14.6. The number of rotatable bonds is 3. The molecule has 0 aromatic rings. The van der Waals surface area contributed by atoms with Crippen molar-refractivity contribution in [2.45, 2.75) is 45.4 Å². The van der Waals surface area contributed by atoms with Crippen molar-refractivity contribution < 1.29 is 0 Å². The summed E-state index contributed by atoms with van der Waals surface area (Å²) in [7, 11) is 0. The van der Waals surface area contributed by atoms with Gasteiger partial charge in [-0.3, -0.25) is 0 Å².